The van der Waals surface area contributed by atoms with E-state index in [4.69, 9.17) is 13.9 Å². The van der Waals surface area contributed by atoms with Crippen LogP contribution in [0.25, 0.3) is 0 Å². The third kappa shape index (κ3) is 2.75. The Kier molecular flexibility index (Phi) is 3.71. The third-order valence-corrected chi connectivity index (χ3v) is 4.79. The van der Waals surface area contributed by atoms with Gasteiger partial charge >= 0.3 is 0 Å². The molecule has 0 spiro atoms. The maximum absolute atomic E-state index is 12.3. The molecule has 1 N–H and O–H groups in total. The van der Waals surface area contributed by atoms with Gasteiger partial charge in [0, 0.05) is 35.9 Å². The number of hydrogen-bond donors (Lipinski definition) is 1. The second-order valence-electron chi connectivity index (χ2n) is 6.59. The van der Waals surface area contributed by atoms with Crippen LogP contribution in [0, 0.1) is 5.92 Å². The van der Waals surface area contributed by atoms with E-state index in [0.717, 1.165) is 41.2 Å². The van der Waals surface area contributed by atoms with Gasteiger partial charge in [-0.2, -0.15) is 0 Å². The zero-order valence-corrected chi connectivity index (χ0v) is 13.9. The Morgan fingerprint density at radius 2 is 2.29 bits per heavy atom. The molecule has 5 nitrogen and oxygen atoms in total. The van der Waals surface area contributed by atoms with Crippen molar-refractivity contribution in [2.45, 2.75) is 38.3 Å². The van der Waals surface area contributed by atoms with Crippen molar-refractivity contribution in [3.8, 4) is 11.5 Å². The Morgan fingerprint density at radius 1 is 1.42 bits per heavy atom. The Hall–Kier alpha value is -2.43. The second-order valence-corrected chi connectivity index (χ2v) is 6.59. The van der Waals surface area contributed by atoms with E-state index in [1.807, 2.05) is 24.3 Å². The highest BCUT2D eigenvalue weighted by atomic mass is 16.5. The molecule has 1 amide bonds. The standard InChI is InChI=1S/C19H21NO4/c1-11-6-12-7-17(22-2)13(8-18(12)24-11)10-20-19(21)15-9-14(15)16-4-3-5-23-16/h3-5,7-8,11,14-15H,6,9-10H2,1-2H3,(H,20,21)/t11-,14+,15-/m1/s1. The fourth-order valence-corrected chi connectivity index (χ4v) is 3.42. The topological polar surface area (TPSA) is 60.7 Å². The van der Waals surface area contributed by atoms with Gasteiger partial charge in [-0.25, -0.2) is 0 Å². The summed E-state index contributed by atoms with van der Waals surface area (Å²) in [6.45, 7) is 2.49. The van der Waals surface area contributed by atoms with E-state index in [0.29, 0.717) is 6.54 Å². The average molecular weight is 327 g/mol. The predicted molar refractivity (Wildman–Crippen MR) is 88.2 cm³/mol. The first-order valence-electron chi connectivity index (χ1n) is 8.33. The van der Waals surface area contributed by atoms with Crippen LogP contribution in [0.2, 0.25) is 0 Å². The van der Waals surface area contributed by atoms with Crippen molar-refractivity contribution < 1.29 is 18.7 Å². The van der Waals surface area contributed by atoms with Crippen LogP contribution >= 0.6 is 0 Å². The molecule has 0 saturated heterocycles. The first-order valence-corrected chi connectivity index (χ1v) is 8.33. The lowest BCUT2D eigenvalue weighted by Crippen LogP contribution is -2.25. The first-order chi connectivity index (χ1) is 11.7. The summed E-state index contributed by atoms with van der Waals surface area (Å²) < 4.78 is 16.7. The summed E-state index contributed by atoms with van der Waals surface area (Å²) in [4.78, 5) is 12.3. The van der Waals surface area contributed by atoms with Gasteiger partial charge in [0.2, 0.25) is 5.91 Å². The molecule has 3 atom stereocenters. The van der Waals surface area contributed by atoms with Crippen LogP contribution < -0.4 is 14.8 Å². The van der Waals surface area contributed by atoms with Crippen molar-refractivity contribution in [1.82, 2.24) is 5.32 Å². The summed E-state index contributed by atoms with van der Waals surface area (Å²) in [6.07, 6.45) is 3.58. The minimum Gasteiger partial charge on any atom is -0.496 e. The maximum atomic E-state index is 12.3. The highest BCUT2D eigenvalue weighted by Gasteiger charge is 2.45. The first kappa shape index (κ1) is 15.1. The number of carbonyl (C=O) groups excluding carboxylic acids is 1. The van der Waals surface area contributed by atoms with Gasteiger partial charge in [0.1, 0.15) is 23.4 Å². The molecule has 0 radical (unpaired) electrons. The molecule has 126 valence electrons. The summed E-state index contributed by atoms with van der Waals surface area (Å²) >= 11 is 0. The summed E-state index contributed by atoms with van der Waals surface area (Å²) in [5.41, 5.74) is 2.10. The number of nitrogens with one attached hydrogen (secondary N) is 1. The highest BCUT2D eigenvalue weighted by Crippen LogP contribution is 2.47. The van der Waals surface area contributed by atoms with Crippen molar-refractivity contribution in [2.75, 3.05) is 7.11 Å². The quantitative estimate of drug-likeness (QED) is 0.917. The van der Waals surface area contributed by atoms with Crippen molar-refractivity contribution in [2.24, 2.45) is 5.92 Å². The second kappa shape index (κ2) is 5.89. The number of benzene rings is 1. The van der Waals surface area contributed by atoms with Crippen molar-refractivity contribution >= 4 is 5.91 Å². The molecule has 1 aliphatic heterocycles. The van der Waals surface area contributed by atoms with E-state index in [-0.39, 0.29) is 23.8 Å². The number of furan rings is 1. The van der Waals surface area contributed by atoms with Crippen molar-refractivity contribution in [1.29, 1.82) is 0 Å². The lowest BCUT2D eigenvalue weighted by atomic mass is 10.1. The van der Waals surface area contributed by atoms with Crippen LogP contribution in [0.4, 0.5) is 0 Å². The lowest BCUT2D eigenvalue weighted by molar-refractivity contribution is -0.122. The van der Waals surface area contributed by atoms with Crippen LogP contribution in [0.15, 0.2) is 34.9 Å². The Labute approximate surface area is 140 Å². The number of carbonyl (C=O) groups is 1. The largest absolute Gasteiger partial charge is 0.496 e. The zero-order valence-electron chi connectivity index (χ0n) is 13.9. The maximum Gasteiger partial charge on any atom is 0.224 e. The number of hydrogen-bond acceptors (Lipinski definition) is 4. The number of ether oxygens (including phenoxy) is 2. The van der Waals surface area contributed by atoms with Crippen molar-refractivity contribution in [3.05, 3.63) is 47.4 Å². The number of fused-ring (bicyclic) bond motifs is 1. The molecule has 2 aliphatic rings. The fourth-order valence-electron chi connectivity index (χ4n) is 3.42. The molecule has 5 heteroatoms. The van der Waals surface area contributed by atoms with Gasteiger partial charge in [-0.1, -0.05) is 0 Å². The summed E-state index contributed by atoms with van der Waals surface area (Å²) in [5, 5.41) is 3.01. The Morgan fingerprint density at radius 3 is 3.04 bits per heavy atom. The fraction of sp³-hybridized carbons (Fsp3) is 0.421. The van der Waals surface area contributed by atoms with E-state index >= 15 is 0 Å². The summed E-state index contributed by atoms with van der Waals surface area (Å²) in [5.74, 6) is 2.87. The zero-order chi connectivity index (χ0) is 16.7. The Bertz CT molecular complexity index is 753. The Balaban J connectivity index is 1.41. The smallest absolute Gasteiger partial charge is 0.224 e. The molecule has 1 aromatic carbocycles. The lowest BCUT2D eigenvalue weighted by Gasteiger charge is -2.12. The minimum absolute atomic E-state index is 0.00726. The van der Waals surface area contributed by atoms with Gasteiger partial charge < -0.3 is 19.2 Å². The minimum atomic E-state index is 0.00726. The predicted octanol–water partition coefficient (Wildman–Crippen LogP) is 3.03. The van der Waals surface area contributed by atoms with Gasteiger partial charge in [0.25, 0.3) is 0 Å². The summed E-state index contributed by atoms with van der Waals surface area (Å²) in [7, 11) is 1.65. The normalized spacial score (nSPS) is 24.2. The van der Waals surface area contributed by atoms with Crippen LogP contribution in [0.3, 0.4) is 0 Å². The molecule has 4 rings (SSSR count). The molecule has 1 aromatic heterocycles. The van der Waals surface area contributed by atoms with Gasteiger partial charge in [-0.05, 0) is 37.6 Å². The highest BCUT2D eigenvalue weighted by molar-refractivity contribution is 5.82. The molecule has 0 unspecified atom stereocenters. The molecule has 2 heterocycles. The van der Waals surface area contributed by atoms with E-state index < -0.39 is 0 Å². The van der Waals surface area contributed by atoms with Gasteiger partial charge in [-0.15, -0.1) is 0 Å². The molecule has 2 aromatic rings. The molecule has 24 heavy (non-hydrogen) atoms. The van der Waals surface area contributed by atoms with Gasteiger partial charge in [0.05, 0.1) is 13.4 Å². The monoisotopic (exact) mass is 327 g/mol. The molecule has 1 fully saturated rings. The molecule has 0 bridgehead atoms. The SMILES string of the molecule is COc1cc2c(cc1CNC(=O)[C@@H]1C[C@@H]1c1ccco1)O[C@H](C)C2. The average Bonchev–Trinajstić information content (AvgIpc) is 3.02. The van der Waals surface area contributed by atoms with E-state index in [9.17, 15) is 4.79 Å². The number of methoxy groups -OCH3 is 1. The molecular formula is C19H21NO4. The van der Waals surface area contributed by atoms with E-state index in [1.165, 1.54) is 0 Å². The van der Waals surface area contributed by atoms with E-state index in [1.54, 1.807) is 13.4 Å². The van der Waals surface area contributed by atoms with Crippen molar-refractivity contribution in [3.63, 3.8) is 0 Å². The third-order valence-electron chi connectivity index (χ3n) is 4.79. The van der Waals surface area contributed by atoms with Crippen LogP contribution in [0.5, 0.6) is 11.5 Å². The van der Waals surface area contributed by atoms with Crippen LogP contribution in [-0.4, -0.2) is 19.1 Å². The van der Waals surface area contributed by atoms with Gasteiger partial charge in [0.15, 0.2) is 0 Å². The summed E-state index contributed by atoms with van der Waals surface area (Å²) in [6, 6.07) is 7.79. The molecule has 1 aliphatic carbocycles. The molecular weight excluding hydrogens is 306 g/mol. The number of rotatable bonds is 5. The molecule has 1 saturated carbocycles. The van der Waals surface area contributed by atoms with E-state index in [2.05, 4.69) is 12.2 Å². The van der Waals surface area contributed by atoms with Crippen LogP contribution in [0.1, 0.15) is 36.1 Å². The number of amides is 1. The van der Waals surface area contributed by atoms with Gasteiger partial charge in [-0.3, -0.25) is 4.79 Å². The van der Waals surface area contributed by atoms with Crippen LogP contribution in [-0.2, 0) is 17.8 Å².